The fourth-order valence-corrected chi connectivity index (χ4v) is 4.11. The maximum atomic E-state index is 12.4. The highest BCUT2D eigenvalue weighted by Gasteiger charge is 2.38. The summed E-state index contributed by atoms with van der Waals surface area (Å²) in [5, 5.41) is 0. The molecule has 3 rings (SSSR count). The number of hydrogen-bond acceptors (Lipinski definition) is 3. The van der Waals surface area contributed by atoms with Crippen LogP contribution in [-0.2, 0) is 16.0 Å². The van der Waals surface area contributed by atoms with Crippen LogP contribution in [0.5, 0.6) is 0 Å². The van der Waals surface area contributed by atoms with E-state index in [4.69, 9.17) is 0 Å². The zero-order valence-corrected chi connectivity index (χ0v) is 15.3. The Balaban J connectivity index is 1.69. The van der Waals surface area contributed by atoms with E-state index in [1.165, 1.54) is 16.8 Å². The van der Waals surface area contributed by atoms with E-state index in [0.29, 0.717) is 5.75 Å². The molecule has 0 fully saturated rings. The molecule has 2 nitrogen and oxygen atoms in total. The van der Waals surface area contributed by atoms with Crippen molar-refractivity contribution in [3.63, 3.8) is 0 Å². The van der Waals surface area contributed by atoms with E-state index in [2.05, 4.69) is 49.1 Å². The summed E-state index contributed by atoms with van der Waals surface area (Å²) in [4.78, 5) is 14.6. The predicted octanol–water partition coefficient (Wildman–Crippen LogP) is 4.80. The first kappa shape index (κ1) is 16.8. The molecule has 0 bridgehead atoms. The Morgan fingerprint density at radius 1 is 1.08 bits per heavy atom. The molecular weight excluding hydrogens is 314 g/mol. The fourth-order valence-electron chi connectivity index (χ4n) is 3.30. The molecule has 0 spiro atoms. The average molecular weight is 337 g/mol. The van der Waals surface area contributed by atoms with Crippen molar-refractivity contribution < 1.29 is 4.79 Å². The van der Waals surface area contributed by atoms with E-state index < -0.39 is 0 Å². The zero-order chi connectivity index (χ0) is 17.2. The Kier molecular flexibility index (Phi) is 4.81. The average Bonchev–Trinajstić information content (AvgIpc) is 2.77. The quantitative estimate of drug-likeness (QED) is 0.731. The van der Waals surface area contributed by atoms with Crippen LogP contribution in [0.25, 0.3) is 0 Å². The van der Waals surface area contributed by atoms with E-state index in [1.807, 2.05) is 37.4 Å². The maximum absolute atomic E-state index is 12.4. The van der Waals surface area contributed by atoms with Gasteiger partial charge in [0.25, 0.3) is 0 Å². The molecule has 1 heterocycles. The first-order chi connectivity index (χ1) is 11.5. The number of anilines is 1. The van der Waals surface area contributed by atoms with Crippen LogP contribution in [0.1, 0.15) is 25.0 Å². The van der Waals surface area contributed by atoms with Crippen molar-refractivity contribution in [2.75, 3.05) is 17.7 Å². The monoisotopic (exact) mass is 337 g/mol. The molecule has 0 saturated heterocycles. The van der Waals surface area contributed by atoms with E-state index in [0.717, 1.165) is 11.4 Å². The Morgan fingerprint density at radius 2 is 1.75 bits per heavy atom. The summed E-state index contributed by atoms with van der Waals surface area (Å²) in [6, 6.07) is 18.7. The fraction of sp³-hybridized carbons (Fsp3) is 0.286. The molecule has 24 heavy (non-hydrogen) atoms. The predicted molar refractivity (Wildman–Crippen MR) is 104 cm³/mol. The smallest absolute Gasteiger partial charge is 0.167 e. The lowest BCUT2D eigenvalue weighted by Crippen LogP contribution is -2.24. The lowest BCUT2D eigenvalue weighted by atomic mass is 9.83. The van der Waals surface area contributed by atoms with Crippen LogP contribution >= 0.6 is 11.8 Å². The minimum Gasteiger partial charge on any atom is -0.347 e. The topological polar surface area (TPSA) is 20.3 Å². The summed E-state index contributed by atoms with van der Waals surface area (Å²) in [7, 11) is 2.05. The highest BCUT2D eigenvalue weighted by Crippen LogP contribution is 2.46. The number of benzene rings is 2. The number of thioether (sulfide) groups is 1. The second kappa shape index (κ2) is 6.86. The minimum absolute atomic E-state index is 0.134. The number of para-hydroxylation sites is 1. The summed E-state index contributed by atoms with van der Waals surface area (Å²) in [5.41, 5.74) is 4.68. The molecular formula is C21H23NOS. The molecule has 124 valence electrons. The second-order valence-corrected chi connectivity index (χ2v) is 7.66. The van der Waals surface area contributed by atoms with Gasteiger partial charge in [-0.2, -0.15) is 0 Å². The summed E-state index contributed by atoms with van der Waals surface area (Å²) in [6.45, 7) is 4.37. The van der Waals surface area contributed by atoms with Gasteiger partial charge < -0.3 is 4.90 Å². The van der Waals surface area contributed by atoms with Gasteiger partial charge in [0.1, 0.15) is 0 Å². The van der Waals surface area contributed by atoms with Gasteiger partial charge in [0.2, 0.25) is 0 Å². The SMILES string of the molecule is CN1/C(=C/C(=O)CSCc2ccccc2)C(C)(C)c2ccccc21. The second-order valence-electron chi connectivity index (χ2n) is 6.68. The van der Waals surface area contributed by atoms with Gasteiger partial charge in [0, 0.05) is 35.7 Å². The Bertz CT molecular complexity index is 764. The highest BCUT2D eigenvalue weighted by molar-refractivity contribution is 7.99. The van der Waals surface area contributed by atoms with Gasteiger partial charge in [-0.25, -0.2) is 0 Å². The van der Waals surface area contributed by atoms with Crippen LogP contribution < -0.4 is 4.90 Å². The first-order valence-corrected chi connectivity index (χ1v) is 9.35. The molecule has 0 radical (unpaired) electrons. The van der Waals surface area contributed by atoms with Gasteiger partial charge >= 0.3 is 0 Å². The Hall–Kier alpha value is -2.00. The number of fused-ring (bicyclic) bond motifs is 1. The van der Waals surface area contributed by atoms with Gasteiger partial charge in [-0.15, -0.1) is 11.8 Å². The number of ketones is 1. The van der Waals surface area contributed by atoms with E-state index in [1.54, 1.807) is 11.8 Å². The largest absolute Gasteiger partial charge is 0.347 e. The van der Waals surface area contributed by atoms with E-state index >= 15 is 0 Å². The van der Waals surface area contributed by atoms with Crippen molar-refractivity contribution in [3.8, 4) is 0 Å². The lowest BCUT2D eigenvalue weighted by molar-refractivity contribution is -0.112. The summed E-state index contributed by atoms with van der Waals surface area (Å²) in [5.74, 6) is 1.56. The van der Waals surface area contributed by atoms with Gasteiger partial charge in [0.05, 0.1) is 5.75 Å². The molecule has 0 aliphatic carbocycles. The molecule has 0 saturated carbocycles. The van der Waals surface area contributed by atoms with Gasteiger partial charge in [-0.3, -0.25) is 4.79 Å². The summed E-state index contributed by atoms with van der Waals surface area (Å²) >= 11 is 1.67. The highest BCUT2D eigenvalue weighted by atomic mass is 32.2. The van der Waals surface area contributed by atoms with Crippen molar-refractivity contribution in [1.82, 2.24) is 0 Å². The third-order valence-corrected chi connectivity index (χ3v) is 5.62. The summed E-state index contributed by atoms with van der Waals surface area (Å²) in [6.07, 6.45) is 1.83. The molecule has 0 amide bonds. The van der Waals surface area contributed by atoms with E-state index in [-0.39, 0.29) is 11.2 Å². The van der Waals surface area contributed by atoms with Crippen LogP contribution in [0.4, 0.5) is 5.69 Å². The Morgan fingerprint density at radius 3 is 2.46 bits per heavy atom. The molecule has 0 N–H and O–H groups in total. The molecule has 0 atom stereocenters. The van der Waals surface area contributed by atoms with Crippen molar-refractivity contribution in [1.29, 1.82) is 0 Å². The molecule has 0 unspecified atom stereocenters. The molecule has 3 heteroatoms. The van der Waals surface area contributed by atoms with Crippen molar-refractivity contribution in [3.05, 3.63) is 77.5 Å². The first-order valence-electron chi connectivity index (χ1n) is 8.20. The van der Waals surface area contributed by atoms with Crippen LogP contribution in [0, 0.1) is 0 Å². The third-order valence-electron chi connectivity index (χ3n) is 4.59. The number of allylic oxidation sites excluding steroid dienone is 2. The minimum atomic E-state index is -0.134. The standard InChI is InChI=1S/C21H23NOS/c1-21(2)18-11-7-8-12-19(18)22(3)20(21)13-17(23)15-24-14-16-9-5-4-6-10-16/h4-13H,14-15H2,1-3H3/b20-13+. The molecule has 1 aliphatic rings. The molecule has 0 aromatic heterocycles. The number of hydrogen-bond donors (Lipinski definition) is 0. The van der Waals surface area contributed by atoms with Crippen LogP contribution in [-0.4, -0.2) is 18.6 Å². The van der Waals surface area contributed by atoms with Crippen molar-refractivity contribution in [2.45, 2.75) is 25.0 Å². The lowest BCUT2D eigenvalue weighted by Gasteiger charge is -2.23. The van der Waals surface area contributed by atoms with Gasteiger partial charge in [-0.05, 0) is 17.2 Å². The molecule has 1 aliphatic heterocycles. The zero-order valence-electron chi connectivity index (χ0n) is 14.5. The van der Waals surface area contributed by atoms with Crippen LogP contribution in [0.3, 0.4) is 0 Å². The number of rotatable bonds is 5. The number of nitrogens with zero attached hydrogens (tertiary/aromatic N) is 1. The normalized spacial score (nSPS) is 17.1. The Labute approximate surface area is 148 Å². The maximum Gasteiger partial charge on any atom is 0.167 e. The van der Waals surface area contributed by atoms with Crippen molar-refractivity contribution in [2.24, 2.45) is 0 Å². The number of likely N-dealkylation sites (N-methyl/N-ethyl adjacent to an activating group) is 1. The van der Waals surface area contributed by atoms with Crippen LogP contribution in [0.2, 0.25) is 0 Å². The van der Waals surface area contributed by atoms with Gasteiger partial charge in [0.15, 0.2) is 5.78 Å². The molecule has 2 aromatic carbocycles. The van der Waals surface area contributed by atoms with Crippen molar-refractivity contribution >= 4 is 23.2 Å². The van der Waals surface area contributed by atoms with E-state index in [9.17, 15) is 4.79 Å². The van der Waals surface area contributed by atoms with Gasteiger partial charge in [-0.1, -0.05) is 62.4 Å². The number of carbonyl (C=O) groups excluding carboxylic acids is 1. The summed E-state index contributed by atoms with van der Waals surface area (Å²) < 4.78 is 0. The number of carbonyl (C=O) groups is 1. The van der Waals surface area contributed by atoms with Crippen LogP contribution in [0.15, 0.2) is 66.4 Å². The molecule has 2 aromatic rings. The third kappa shape index (κ3) is 3.27.